The van der Waals surface area contributed by atoms with Gasteiger partial charge in [0.05, 0.1) is 6.42 Å². The monoisotopic (exact) mass is 310 g/mol. The second kappa shape index (κ2) is 6.89. The van der Waals surface area contributed by atoms with E-state index in [1.54, 1.807) is 12.1 Å². The number of rotatable bonds is 5. The van der Waals surface area contributed by atoms with Crippen molar-refractivity contribution < 1.29 is 14.7 Å². The molecule has 1 aromatic rings. The lowest BCUT2D eigenvalue weighted by Crippen LogP contribution is -2.32. The number of carboxylic acid groups (broad SMARTS) is 1. The Labute approximate surface area is 128 Å². The fraction of sp³-hybridized carbons (Fsp3) is 0.533. The molecule has 0 aliphatic heterocycles. The first-order chi connectivity index (χ1) is 9.99. The summed E-state index contributed by atoms with van der Waals surface area (Å²) < 4.78 is 0. The van der Waals surface area contributed by atoms with E-state index in [1.165, 1.54) is 6.20 Å². The molecule has 0 atom stereocenters. The van der Waals surface area contributed by atoms with Gasteiger partial charge in [-0.1, -0.05) is 30.9 Å². The summed E-state index contributed by atoms with van der Waals surface area (Å²) in [5, 5.41) is 12.3. The van der Waals surface area contributed by atoms with E-state index in [2.05, 4.69) is 10.3 Å². The average molecular weight is 311 g/mol. The second-order valence-corrected chi connectivity index (χ2v) is 6.15. The van der Waals surface area contributed by atoms with Gasteiger partial charge in [0.2, 0.25) is 5.91 Å². The molecular weight excluding hydrogens is 292 g/mol. The van der Waals surface area contributed by atoms with E-state index in [0.29, 0.717) is 10.8 Å². The Morgan fingerprint density at radius 3 is 2.62 bits per heavy atom. The molecule has 0 aromatic carbocycles. The number of amides is 1. The van der Waals surface area contributed by atoms with Gasteiger partial charge in [-0.15, -0.1) is 0 Å². The quantitative estimate of drug-likeness (QED) is 0.872. The van der Waals surface area contributed by atoms with Gasteiger partial charge in [-0.3, -0.25) is 9.59 Å². The highest BCUT2D eigenvalue weighted by Gasteiger charge is 2.36. The van der Waals surface area contributed by atoms with Crippen LogP contribution < -0.4 is 5.32 Å². The van der Waals surface area contributed by atoms with Crippen molar-refractivity contribution in [3.63, 3.8) is 0 Å². The maximum atomic E-state index is 12.2. The van der Waals surface area contributed by atoms with Crippen molar-refractivity contribution in [3.8, 4) is 0 Å². The molecule has 0 bridgehead atoms. The maximum absolute atomic E-state index is 12.2. The Kier molecular flexibility index (Phi) is 5.17. The highest BCUT2D eigenvalue weighted by atomic mass is 35.5. The summed E-state index contributed by atoms with van der Waals surface area (Å²) in [4.78, 5) is 27.3. The number of halogens is 1. The average Bonchev–Trinajstić information content (AvgIpc) is 2.38. The van der Waals surface area contributed by atoms with E-state index < -0.39 is 11.4 Å². The van der Waals surface area contributed by atoms with Gasteiger partial charge in [-0.2, -0.15) is 0 Å². The molecule has 0 unspecified atom stereocenters. The summed E-state index contributed by atoms with van der Waals surface area (Å²) in [5.74, 6) is -0.646. The summed E-state index contributed by atoms with van der Waals surface area (Å²) in [7, 11) is 0. The van der Waals surface area contributed by atoms with E-state index in [4.69, 9.17) is 16.7 Å². The van der Waals surface area contributed by atoms with Crippen LogP contribution in [0.25, 0.3) is 0 Å². The molecule has 5 nitrogen and oxygen atoms in total. The minimum atomic E-state index is -0.842. The first-order valence-electron chi connectivity index (χ1n) is 7.12. The van der Waals surface area contributed by atoms with Crippen LogP contribution in [0, 0.1) is 5.41 Å². The lowest BCUT2D eigenvalue weighted by Gasteiger charge is -2.35. The first-order valence-corrected chi connectivity index (χ1v) is 7.50. The van der Waals surface area contributed by atoms with Crippen molar-refractivity contribution in [2.45, 2.75) is 44.9 Å². The molecule has 0 spiro atoms. The van der Waals surface area contributed by atoms with Crippen LogP contribution in [0.4, 0.5) is 5.82 Å². The number of aliphatic carboxylic acids is 1. The Morgan fingerprint density at radius 2 is 2.00 bits per heavy atom. The zero-order valence-corrected chi connectivity index (χ0v) is 12.5. The van der Waals surface area contributed by atoms with Gasteiger partial charge in [0.15, 0.2) is 0 Å². The van der Waals surface area contributed by atoms with Gasteiger partial charge in [-0.25, -0.2) is 4.98 Å². The molecule has 6 heteroatoms. The van der Waals surface area contributed by atoms with E-state index in [1.807, 2.05) is 0 Å². The fourth-order valence-electron chi connectivity index (χ4n) is 3.04. The first kappa shape index (κ1) is 15.8. The largest absolute Gasteiger partial charge is 0.481 e. The molecule has 2 N–H and O–H groups in total. The Bertz CT molecular complexity index is 527. The SMILES string of the molecule is O=C(O)CC1(CC(=O)Nc2cc(Cl)ccn2)CCCCC1. The summed E-state index contributed by atoms with van der Waals surface area (Å²) in [6.45, 7) is 0. The lowest BCUT2D eigenvalue weighted by atomic mass is 9.69. The Hall–Kier alpha value is -1.62. The van der Waals surface area contributed by atoms with E-state index >= 15 is 0 Å². The molecular formula is C15H19ClN2O3. The molecule has 1 aliphatic rings. The second-order valence-electron chi connectivity index (χ2n) is 5.72. The maximum Gasteiger partial charge on any atom is 0.303 e. The van der Waals surface area contributed by atoms with Crippen LogP contribution in [0.2, 0.25) is 5.02 Å². The predicted octanol–water partition coefficient (Wildman–Crippen LogP) is 3.49. The molecule has 1 amide bonds. The smallest absolute Gasteiger partial charge is 0.303 e. The summed E-state index contributed by atoms with van der Waals surface area (Å²) in [5.41, 5.74) is -0.424. The number of pyridine rings is 1. The highest BCUT2D eigenvalue weighted by molar-refractivity contribution is 6.30. The van der Waals surface area contributed by atoms with Gasteiger partial charge in [-0.05, 0) is 30.4 Å². The van der Waals surface area contributed by atoms with E-state index in [0.717, 1.165) is 32.1 Å². The zero-order valence-electron chi connectivity index (χ0n) is 11.8. The zero-order chi connectivity index (χ0) is 15.3. The minimum absolute atomic E-state index is 0.0450. The third-order valence-corrected chi connectivity index (χ3v) is 4.20. The van der Waals surface area contributed by atoms with E-state index in [9.17, 15) is 9.59 Å². The summed E-state index contributed by atoms with van der Waals surface area (Å²) >= 11 is 5.85. The molecule has 1 fully saturated rings. The number of aromatic nitrogens is 1. The Balaban J connectivity index is 2.02. The van der Waals surface area contributed by atoms with Crippen LogP contribution >= 0.6 is 11.6 Å². The normalized spacial score (nSPS) is 17.2. The highest BCUT2D eigenvalue weighted by Crippen LogP contribution is 2.42. The number of carboxylic acids is 1. The van der Waals surface area contributed by atoms with Gasteiger partial charge in [0.25, 0.3) is 0 Å². The predicted molar refractivity (Wildman–Crippen MR) is 80.3 cm³/mol. The molecule has 114 valence electrons. The summed E-state index contributed by atoms with van der Waals surface area (Å²) in [6, 6.07) is 3.20. The number of anilines is 1. The van der Waals surface area contributed by atoms with Crippen molar-refractivity contribution >= 4 is 29.3 Å². The van der Waals surface area contributed by atoms with Crippen molar-refractivity contribution in [3.05, 3.63) is 23.4 Å². The number of hydrogen-bond donors (Lipinski definition) is 2. The molecule has 0 radical (unpaired) electrons. The third-order valence-electron chi connectivity index (χ3n) is 3.97. The van der Waals surface area contributed by atoms with Crippen LogP contribution in [-0.4, -0.2) is 22.0 Å². The van der Waals surface area contributed by atoms with Crippen LogP contribution in [0.1, 0.15) is 44.9 Å². The van der Waals surface area contributed by atoms with E-state index in [-0.39, 0.29) is 18.7 Å². The minimum Gasteiger partial charge on any atom is -0.481 e. The summed E-state index contributed by atoms with van der Waals surface area (Å²) in [6.07, 6.45) is 6.43. The standard InChI is InChI=1S/C15H19ClN2O3/c16-11-4-7-17-12(8-11)18-13(19)9-15(10-14(20)21)5-2-1-3-6-15/h4,7-8H,1-3,5-6,9-10H2,(H,20,21)(H,17,18,19). The van der Waals surface area contributed by atoms with Crippen LogP contribution in [0.3, 0.4) is 0 Å². The van der Waals surface area contributed by atoms with Crippen LogP contribution in [-0.2, 0) is 9.59 Å². The van der Waals surface area contributed by atoms with Crippen LogP contribution in [0.5, 0.6) is 0 Å². The van der Waals surface area contributed by atoms with Gasteiger partial charge in [0.1, 0.15) is 5.82 Å². The topological polar surface area (TPSA) is 79.3 Å². The van der Waals surface area contributed by atoms with Gasteiger partial charge < -0.3 is 10.4 Å². The number of hydrogen-bond acceptors (Lipinski definition) is 3. The van der Waals surface area contributed by atoms with Gasteiger partial charge >= 0.3 is 5.97 Å². The van der Waals surface area contributed by atoms with Crippen molar-refractivity contribution in [1.82, 2.24) is 4.98 Å². The van der Waals surface area contributed by atoms with Crippen molar-refractivity contribution in [1.29, 1.82) is 0 Å². The molecule has 1 heterocycles. The van der Waals surface area contributed by atoms with Gasteiger partial charge in [0, 0.05) is 17.6 Å². The van der Waals surface area contributed by atoms with Crippen molar-refractivity contribution in [2.75, 3.05) is 5.32 Å². The third kappa shape index (κ3) is 4.70. The van der Waals surface area contributed by atoms with Crippen molar-refractivity contribution in [2.24, 2.45) is 5.41 Å². The molecule has 1 aliphatic carbocycles. The molecule has 2 rings (SSSR count). The number of carbonyl (C=O) groups excluding carboxylic acids is 1. The lowest BCUT2D eigenvalue weighted by molar-refractivity contribution is -0.140. The molecule has 1 aromatic heterocycles. The number of carbonyl (C=O) groups is 2. The number of nitrogens with one attached hydrogen (secondary N) is 1. The molecule has 21 heavy (non-hydrogen) atoms. The van der Waals surface area contributed by atoms with Crippen LogP contribution in [0.15, 0.2) is 18.3 Å². The number of nitrogens with zero attached hydrogens (tertiary/aromatic N) is 1. The molecule has 0 saturated heterocycles. The fourth-order valence-corrected chi connectivity index (χ4v) is 3.20. The Morgan fingerprint density at radius 1 is 1.29 bits per heavy atom. The molecule has 1 saturated carbocycles.